The molecule has 4 rings (SSSR count). The second-order valence-electron chi connectivity index (χ2n) is 6.29. The van der Waals surface area contributed by atoms with Crippen LogP contribution in [0.15, 0.2) is 55.0 Å². The maximum Gasteiger partial charge on any atom is 0.120 e. The summed E-state index contributed by atoms with van der Waals surface area (Å²) in [6, 6.07) is 14.2. The molecule has 1 N–H and O–H groups in total. The molecule has 3 aromatic rings. The number of imidazole rings is 1. The first kappa shape index (κ1) is 15.2. The van der Waals surface area contributed by atoms with Crippen LogP contribution in [0.4, 0.5) is 0 Å². The van der Waals surface area contributed by atoms with Gasteiger partial charge in [-0.1, -0.05) is 30.3 Å². The Hall–Kier alpha value is -2.37. The first-order chi connectivity index (χ1) is 11.8. The van der Waals surface area contributed by atoms with Crippen LogP contribution in [0.2, 0.25) is 0 Å². The van der Waals surface area contributed by atoms with Crippen LogP contribution in [0, 0.1) is 0 Å². The van der Waals surface area contributed by atoms with Gasteiger partial charge in [-0.15, -0.1) is 0 Å². The zero-order valence-electron chi connectivity index (χ0n) is 13.5. The summed E-state index contributed by atoms with van der Waals surface area (Å²) in [4.78, 5) is 6.41. The molecular weight excluding hydrogens is 302 g/mol. The van der Waals surface area contributed by atoms with Gasteiger partial charge in [0, 0.05) is 32.4 Å². The Balaban J connectivity index is 1.32. The summed E-state index contributed by atoms with van der Waals surface area (Å²) in [6.07, 6.45) is 3.25. The van der Waals surface area contributed by atoms with E-state index in [1.807, 2.05) is 42.9 Å². The number of rotatable bonds is 5. The maximum absolute atomic E-state index is 10.3. The summed E-state index contributed by atoms with van der Waals surface area (Å²) >= 11 is 0. The predicted molar refractivity (Wildman–Crippen MR) is 93.0 cm³/mol. The average Bonchev–Trinajstić information content (AvgIpc) is 3.07. The minimum absolute atomic E-state index is 0.300. The molecule has 1 unspecified atom stereocenters. The fraction of sp³-hybridized carbons (Fsp3) is 0.316. The average molecular weight is 323 g/mol. The normalized spacial score (nSPS) is 16.0. The van der Waals surface area contributed by atoms with Gasteiger partial charge in [-0.05, 0) is 22.9 Å². The molecule has 2 heterocycles. The number of aromatic nitrogens is 2. The zero-order chi connectivity index (χ0) is 16.4. The first-order valence-corrected chi connectivity index (χ1v) is 8.29. The molecule has 1 aliphatic rings. The van der Waals surface area contributed by atoms with Crippen LogP contribution in [0.25, 0.3) is 10.8 Å². The Labute approximate surface area is 141 Å². The number of hydrogen-bond donors (Lipinski definition) is 1. The Morgan fingerprint density at radius 3 is 2.92 bits per heavy atom. The molecule has 0 spiro atoms. The molecule has 0 radical (unpaired) electrons. The van der Waals surface area contributed by atoms with E-state index in [9.17, 15) is 5.11 Å². The van der Waals surface area contributed by atoms with E-state index in [2.05, 4.69) is 26.6 Å². The number of ether oxygens (including phenoxy) is 1. The van der Waals surface area contributed by atoms with Crippen molar-refractivity contribution in [2.24, 2.45) is 0 Å². The molecule has 1 atom stereocenters. The van der Waals surface area contributed by atoms with Crippen LogP contribution >= 0.6 is 0 Å². The molecule has 0 aliphatic carbocycles. The molecule has 5 nitrogen and oxygen atoms in total. The third-order valence-electron chi connectivity index (χ3n) is 4.47. The summed E-state index contributed by atoms with van der Waals surface area (Å²) in [5, 5.41) is 12.6. The molecule has 24 heavy (non-hydrogen) atoms. The summed E-state index contributed by atoms with van der Waals surface area (Å²) in [6.45, 7) is 3.59. The van der Waals surface area contributed by atoms with Crippen molar-refractivity contribution in [3.05, 3.63) is 60.7 Å². The fourth-order valence-corrected chi connectivity index (χ4v) is 3.19. The van der Waals surface area contributed by atoms with E-state index in [1.54, 1.807) is 0 Å². The lowest BCUT2D eigenvalue weighted by molar-refractivity contribution is 0.0591. The van der Waals surface area contributed by atoms with Gasteiger partial charge in [0.25, 0.3) is 0 Å². The monoisotopic (exact) mass is 323 g/mol. The van der Waals surface area contributed by atoms with Gasteiger partial charge < -0.3 is 14.4 Å². The molecule has 0 fully saturated rings. The summed E-state index contributed by atoms with van der Waals surface area (Å²) < 4.78 is 7.94. The minimum atomic E-state index is -0.508. The van der Waals surface area contributed by atoms with Crippen molar-refractivity contribution in [3.63, 3.8) is 0 Å². The zero-order valence-corrected chi connectivity index (χ0v) is 13.5. The first-order valence-electron chi connectivity index (χ1n) is 8.29. The van der Waals surface area contributed by atoms with Gasteiger partial charge in [0.2, 0.25) is 0 Å². The van der Waals surface area contributed by atoms with E-state index in [4.69, 9.17) is 4.74 Å². The molecule has 0 bridgehead atoms. The van der Waals surface area contributed by atoms with Gasteiger partial charge >= 0.3 is 0 Å². The topological polar surface area (TPSA) is 50.5 Å². The fourth-order valence-electron chi connectivity index (χ4n) is 3.19. The Bertz CT molecular complexity index is 830. The van der Waals surface area contributed by atoms with Gasteiger partial charge in [0.1, 0.15) is 18.5 Å². The number of fused-ring (bicyclic) bond motifs is 2. The highest BCUT2D eigenvalue weighted by atomic mass is 16.5. The second-order valence-corrected chi connectivity index (χ2v) is 6.29. The van der Waals surface area contributed by atoms with Crippen molar-refractivity contribution in [1.82, 2.24) is 14.5 Å². The smallest absolute Gasteiger partial charge is 0.120 e. The van der Waals surface area contributed by atoms with E-state index in [0.29, 0.717) is 13.2 Å². The Morgan fingerprint density at radius 1 is 1.12 bits per heavy atom. The van der Waals surface area contributed by atoms with Crippen LogP contribution in [-0.4, -0.2) is 45.4 Å². The number of nitrogens with zero attached hydrogens (tertiary/aromatic N) is 3. The van der Waals surface area contributed by atoms with Crippen LogP contribution in [0.3, 0.4) is 0 Å². The number of aliphatic hydroxyl groups is 1. The SMILES string of the molecule is OC(COc1ccc2ccccc2c1)CN1CCn2cncc2C1. The largest absolute Gasteiger partial charge is 0.491 e. The Morgan fingerprint density at radius 2 is 2.00 bits per heavy atom. The number of benzene rings is 2. The molecule has 1 aliphatic heterocycles. The van der Waals surface area contributed by atoms with Crippen molar-refractivity contribution in [2.75, 3.05) is 19.7 Å². The molecule has 124 valence electrons. The van der Waals surface area contributed by atoms with Crippen molar-refractivity contribution < 1.29 is 9.84 Å². The van der Waals surface area contributed by atoms with Crippen molar-refractivity contribution in [1.29, 1.82) is 0 Å². The third kappa shape index (κ3) is 3.27. The van der Waals surface area contributed by atoms with Crippen molar-refractivity contribution in [3.8, 4) is 5.75 Å². The van der Waals surface area contributed by atoms with Crippen molar-refractivity contribution in [2.45, 2.75) is 19.2 Å². The van der Waals surface area contributed by atoms with E-state index >= 15 is 0 Å². The highest BCUT2D eigenvalue weighted by Crippen LogP contribution is 2.20. The summed E-state index contributed by atoms with van der Waals surface area (Å²) in [5.74, 6) is 0.796. The Kier molecular flexibility index (Phi) is 4.19. The third-order valence-corrected chi connectivity index (χ3v) is 4.47. The lowest BCUT2D eigenvalue weighted by atomic mass is 10.1. The maximum atomic E-state index is 10.3. The number of hydrogen-bond acceptors (Lipinski definition) is 4. The summed E-state index contributed by atoms with van der Waals surface area (Å²) in [7, 11) is 0. The summed E-state index contributed by atoms with van der Waals surface area (Å²) in [5.41, 5.74) is 1.20. The van der Waals surface area contributed by atoms with Crippen LogP contribution in [0.1, 0.15) is 5.69 Å². The van der Waals surface area contributed by atoms with Gasteiger partial charge in [-0.2, -0.15) is 0 Å². The van der Waals surface area contributed by atoms with Gasteiger partial charge in [0.05, 0.1) is 12.0 Å². The van der Waals surface area contributed by atoms with Gasteiger partial charge in [0.15, 0.2) is 0 Å². The van der Waals surface area contributed by atoms with Crippen LogP contribution in [0.5, 0.6) is 5.75 Å². The molecular formula is C19H21N3O2. The molecule has 2 aromatic carbocycles. The highest BCUT2D eigenvalue weighted by molar-refractivity contribution is 5.83. The van der Waals surface area contributed by atoms with Crippen molar-refractivity contribution >= 4 is 10.8 Å². The van der Waals surface area contributed by atoms with Gasteiger partial charge in [-0.25, -0.2) is 4.98 Å². The van der Waals surface area contributed by atoms with E-state index in [1.165, 1.54) is 11.1 Å². The number of aliphatic hydroxyl groups excluding tert-OH is 1. The van der Waals surface area contributed by atoms with Crippen LogP contribution < -0.4 is 4.74 Å². The molecule has 0 amide bonds. The standard InChI is InChI=1S/C19H21N3O2/c23-18(12-21-7-8-22-14-20-10-17(22)11-21)13-24-19-6-5-15-3-1-2-4-16(15)9-19/h1-6,9-10,14,18,23H,7-8,11-13H2. The molecule has 0 saturated carbocycles. The van der Waals surface area contributed by atoms with Crippen LogP contribution in [-0.2, 0) is 13.1 Å². The van der Waals surface area contributed by atoms with E-state index in [-0.39, 0.29) is 0 Å². The van der Waals surface area contributed by atoms with Gasteiger partial charge in [-0.3, -0.25) is 4.90 Å². The predicted octanol–water partition coefficient (Wildman–Crippen LogP) is 2.29. The number of β-amino-alcohol motifs (C(OH)–C–C–N with tert-alkyl or cyclic N) is 1. The molecule has 0 saturated heterocycles. The lowest BCUT2D eigenvalue weighted by Crippen LogP contribution is -2.40. The lowest BCUT2D eigenvalue weighted by Gasteiger charge is -2.29. The minimum Gasteiger partial charge on any atom is -0.491 e. The molecule has 1 aromatic heterocycles. The highest BCUT2D eigenvalue weighted by Gasteiger charge is 2.18. The van der Waals surface area contributed by atoms with E-state index in [0.717, 1.165) is 30.8 Å². The molecule has 5 heteroatoms. The van der Waals surface area contributed by atoms with E-state index < -0.39 is 6.10 Å². The second kappa shape index (κ2) is 6.63. The quantitative estimate of drug-likeness (QED) is 0.783.